The Bertz CT molecular complexity index is 677. The predicted octanol–water partition coefficient (Wildman–Crippen LogP) is 2.14. The molecule has 0 radical (unpaired) electrons. The molecular weight excluding hydrogens is 356 g/mol. The van der Waals surface area contributed by atoms with Gasteiger partial charge in [0.15, 0.2) is 0 Å². The number of thiol groups is 1. The molecule has 1 fully saturated rings. The van der Waals surface area contributed by atoms with Gasteiger partial charge in [-0.15, -0.1) is 0 Å². The Hall–Kier alpha value is -1.25. The largest absolute Gasteiger partial charge is 0.384 e. The van der Waals surface area contributed by atoms with Crippen LogP contribution in [0.3, 0.4) is 0 Å². The van der Waals surface area contributed by atoms with Crippen molar-refractivity contribution in [3.63, 3.8) is 0 Å². The van der Waals surface area contributed by atoms with Gasteiger partial charge in [-0.25, -0.2) is 0 Å². The summed E-state index contributed by atoms with van der Waals surface area (Å²) >= 11 is 0. The van der Waals surface area contributed by atoms with Crippen molar-refractivity contribution in [2.45, 2.75) is 55.9 Å². The molecule has 1 aliphatic heterocycles. The van der Waals surface area contributed by atoms with Crippen LogP contribution in [0.1, 0.15) is 46.2 Å². The number of hydrogen-bond acceptors (Lipinski definition) is 6. The minimum Gasteiger partial charge on any atom is -0.384 e. The molecule has 0 unspecified atom stereocenters. The number of amides is 1. The standard InChI is InChI=1S/C18H32N2O5S/c1-17(2,12-23-5)14-11-15(25-20-14)19-16(21)18(3,4)26(6,22)13-7-9-24-10-8-13/h11,13,26H,7-10,12H2,1-6H3,(H,19,21). The van der Waals surface area contributed by atoms with E-state index in [1.165, 1.54) is 0 Å². The van der Waals surface area contributed by atoms with Gasteiger partial charge in [-0.05, 0) is 32.9 Å². The van der Waals surface area contributed by atoms with E-state index in [0.29, 0.717) is 25.5 Å². The number of hydrogen-bond donors (Lipinski definition) is 2. The van der Waals surface area contributed by atoms with Crippen LogP contribution >= 0.6 is 0 Å². The molecule has 150 valence electrons. The number of nitrogens with zero attached hydrogens (tertiary/aromatic N) is 1. The van der Waals surface area contributed by atoms with Crippen molar-refractivity contribution in [2.75, 3.05) is 38.5 Å². The van der Waals surface area contributed by atoms with Crippen molar-refractivity contribution >= 4 is 21.7 Å². The molecule has 26 heavy (non-hydrogen) atoms. The summed E-state index contributed by atoms with van der Waals surface area (Å²) in [6, 6.07) is 1.70. The third-order valence-electron chi connectivity index (χ3n) is 5.50. The molecule has 2 rings (SSSR count). The number of carbonyl (C=O) groups is 1. The first-order valence-electron chi connectivity index (χ1n) is 8.95. The first-order valence-corrected chi connectivity index (χ1v) is 11.2. The Morgan fingerprint density at radius 3 is 2.54 bits per heavy atom. The van der Waals surface area contributed by atoms with Crippen molar-refractivity contribution in [3.05, 3.63) is 11.8 Å². The number of nitrogens with one attached hydrogen (secondary N) is 1. The molecule has 0 atom stereocenters. The molecule has 2 heterocycles. The maximum atomic E-state index is 13.5. The third kappa shape index (κ3) is 4.18. The number of methoxy groups -OCH3 is 1. The molecule has 0 aromatic carbocycles. The summed E-state index contributed by atoms with van der Waals surface area (Å²) < 4.78 is 28.3. The smallest absolute Gasteiger partial charge is 0.243 e. The first-order chi connectivity index (χ1) is 12.0. The zero-order valence-corrected chi connectivity index (χ0v) is 17.5. The van der Waals surface area contributed by atoms with Crippen LogP contribution in [-0.2, 0) is 29.6 Å². The topological polar surface area (TPSA) is 90.7 Å². The highest BCUT2D eigenvalue weighted by molar-refractivity contribution is 8.04. The van der Waals surface area contributed by atoms with Crippen molar-refractivity contribution < 1.29 is 23.0 Å². The van der Waals surface area contributed by atoms with Gasteiger partial charge in [0.2, 0.25) is 11.8 Å². The van der Waals surface area contributed by atoms with Crippen molar-refractivity contribution in [1.29, 1.82) is 0 Å². The van der Waals surface area contributed by atoms with Crippen LogP contribution in [0.5, 0.6) is 0 Å². The van der Waals surface area contributed by atoms with E-state index in [1.807, 2.05) is 13.8 Å². The summed E-state index contributed by atoms with van der Waals surface area (Å²) in [7, 11) is -1.15. The number of aromatic nitrogens is 1. The van der Waals surface area contributed by atoms with Gasteiger partial charge in [0.25, 0.3) is 0 Å². The van der Waals surface area contributed by atoms with Gasteiger partial charge >= 0.3 is 0 Å². The quantitative estimate of drug-likeness (QED) is 0.696. The van der Waals surface area contributed by atoms with Gasteiger partial charge in [0.05, 0.1) is 17.0 Å². The Morgan fingerprint density at radius 1 is 1.35 bits per heavy atom. The average molecular weight is 389 g/mol. The molecule has 0 spiro atoms. The van der Waals surface area contributed by atoms with E-state index < -0.39 is 14.7 Å². The van der Waals surface area contributed by atoms with E-state index >= 15 is 0 Å². The maximum Gasteiger partial charge on any atom is 0.243 e. The first kappa shape index (κ1) is 21.1. The van der Waals surface area contributed by atoms with Crippen molar-refractivity contribution in [3.8, 4) is 0 Å². The number of anilines is 1. The molecular formula is C18H32N2O5S. The Balaban J connectivity index is 2.13. The highest BCUT2D eigenvalue weighted by Crippen LogP contribution is 2.33. The van der Waals surface area contributed by atoms with Crippen LogP contribution in [0.4, 0.5) is 5.88 Å². The molecule has 1 saturated heterocycles. The molecule has 0 bridgehead atoms. The third-order valence-corrected chi connectivity index (χ3v) is 9.83. The minimum atomic E-state index is -2.77. The summed E-state index contributed by atoms with van der Waals surface area (Å²) in [5.74, 6) is -0.0590. The SMILES string of the molecule is COCC(C)(C)c1cc(NC(=O)C(C)(C)[SH](C)(=O)C2CCOCC2)on1. The summed E-state index contributed by atoms with van der Waals surface area (Å²) in [6.45, 7) is 9.12. The van der Waals surface area contributed by atoms with E-state index in [4.69, 9.17) is 14.0 Å². The maximum absolute atomic E-state index is 13.5. The van der Waals surface area contributed by atoms with Gasteiger partial charge in [-0.1, -0.05) is 28.9 Å². The molecule has 1 amide bonds. The monoisotopic (exact) mass is 388 g/mol. The lowest BCUT2D eigenvalue weighted by molar-refractivity contribution is -0.118. The van der Waals surface area contributed by atoms with Crippen molar-refractivity contribution in [1.82, 2.24) is 5.16 Å². The van der Waals surface area contributed by atoms with E-state index in [0.717, 1.165) is 12.8 Å². The van der Waals surface area contributed by atoms with Crippen molar-refractivity contribution in [2.24, 2.45) is 0 Å². The zero-order valence-electron chi connectivity index (χ0n) is 16.6. The summed E-state index contributed by atoms with van der Waals surface area (Å²) in [4.78, 5) is 12.9. The van der Waals surface area contributed by atoms with Crippen LogP contribution < -0.4 is 5.32 Å². The summed E-state index contributed by atoms with van der Waals surface area (Å²) in [6.07, 6.45) is 3.18. The fourth-order valence-electron chi connectivity index (χ4n) is 3.19. The minimum absolute atomic E-state index is 0.00271. The van der Waals surface area contributed by atoms with Crippen LogP contribution in [0, 0.1) is 0 Å². The fourth-order valence-corrected chi connectivity index (χ4v) is 5.76. The van der Waals surface area contributed by atoms with Crippen LogP contribution in [0.25, 0.3) is 0 Å². The average Bonchev–Trinajstić information content (AvgIpc) is 3.05. The molecule has 1 N–H and O–H groups in total. The summed E-state index contributed by atoms with van der Waals surface area (Å²) in [5.41, 5.74) is 0.357. The van der Waals surface area contributed by atoms with E-state index in [2.05, 4.69) is 10.5 Å². The van der Waals surface area contributed by atoms with Crippen LogP contribution in [0.2, 0.25) is 0 Å². The Labute approximate surface area is 156 Å². The molecule has 1 aromatic rings. The molecule has 8 heteroatoms. The second-order valence-electron chi connectivity index (χ2n) is 8.24. The highest BCUT2D eigenvalue weighted by atomic mass is 32.2. The molecule has 1 aliphatic rings. The van der Waals surface area contributed by atoms with E-state index in [-0.39, 0.29) is 22.5 Å². The zero-order chi connectivity index (χ0) is 19.6. The molecule has 1 aromatic heterocycles. The van der Waals surface area contributed by atoms with Crippen LogP contribution in [-0.4, -0.2) is 58.5 Å². The Morgan fingerprint density at radius 2 is 1.96 bits per heavy atom. The van der Waals surface area contributed by atoms with E-state index in [9.17, 15) is 9.00 Å². The normalized spacial score (nSPS) is 17.9. The second kappa shape index (κ2) is 7.78. The van der Waals surface area contributed by atoms with E-state index in [1.54, 1.807) is 33.3 Å². The Kier molecular flexibility index (Phi) is 6.30. The lowest BCUT2D eigenvalue weighted by atomic mass is 9.90. The molecule has 7 nitrogen and oxygen atoms in total. The van der Waals surface area contributed by atoms with Gasteiger partial charge in [-0.2, -0.15) is 0 Å². The van der Waals surface area contributed by atoms with Gasteiger partial charge in [-0.3, -0.25) is 14.3 Å². The molecule has 0 saturated carbocycles. The number of rotatable bonds is 7. The highest BCUT2D eigenvalue weighted by Gasteiger charge is 2.44. The van der Waals surface area contributed by atoms with Crippen LogP contribution in [0.15, 0.2) is 10.6 Å². The predicted molar refractivity (Wildman–Crippen MR) is 103 cm³/mol. The van der Waals surface area contributed by atoms with Gasteiger partial charge in [0, 0.05) is 37.1 Å². The summed E-state index contributed by atoms with van der Waals surface area (Å²) in [5, 5.41) is 6.79. The van der Waals surface area contributed by atoms with Gasteiger partial charge < -0.3 is 14.0 Å². The number of ether oxygens (including phenoxy) is 2. The number of carbonyl (C=O) groups excluding carboxylic acids is 1. The lowest BCUT2D eigenvalue weighted by Crippen LogP contribution is -2.53. The molecule has 0 aliphatic carbocycles. The second-order valence-corrected chi connectivity index (χ2v) is 12.1. The van der Waals surface area contributed by atoms with Gasteiger partial charge in [0.1, 0.15) is 0 Å². The fraction of sp³-hybridized carbons (Fsp3) is 0.778. The lowest BCUT2D eigenvalue weighted by Gasteiger charge is -2.42.